The lowest BCUT2D eigenvalue weighted by atomic mass is 10.2. The number of ether oxygens (including phenoxy) is 1. The fraction of sp³-hybridized carbons (Fsp3) is 0.385. The van der Waals surface area contributed by atoms with Crippen LogP contribution in [-0.2, 0) is 13.2 Å². The maximum Gasteiger partial charge on any atom is 0.229 e. The first-order chi connectivity index (χ1) is 9.11. The van der Waals surface area contributed by atoms with Gasteiger partial charge in [0.2, 0.25) is 11.7 Å². The normalized spacial score (nSPS) is 11.0. The zero-order valence-corrected chi connectivity index (χ0v) is 10.9. The van der Waals surface area contributed by atoms with E-state index in [0.717, 1.165) is 0 Å². The van der Waals surface area contributed by atoms with E-state index in [-0.39, 0.29) is 24.8 Å². The molecule has 0 fully saturated rings. The third-order valence-electron chi connectivity index (χ3n) is 2.59. The molecule has 5 nitrogen and oxygen atoms in total. The lowest BCUT2D eigenvalue weighted by Gasteiger charge is -2.09. The lowest BCUT2D eigenvalue weighted by molar-refractivity contribution is 0.269. The van der Waals surface area contributed by atoms with E-state index in [1.807, 2.05) is 13.8 Å². The van der Waals surface area contributed by atoms with Crippen LogP contribution in [0.5, 0.6) is 5.75 Å². The van der Waals surface area contributed by atoms with Gasteiger partial charge in [0.15, 0.2) is 18.2 Å². The van der Waals surface area contributed by atoms with E-state index in [4.69, 9.17) is 15.0 Å². The average molecular weight is 265 g/mol. The van der Waals surface area contributed by atoms with Gasteiger partial charge in [-0.1, -0.05) is 31.1 Å². The molecule has 1 aromatic heterocycles. The Labute approximate surface area is 110 Å². The van der Waals surface area contributed by atoms with Gasteiger partial charge < -0.3 is 15.0 Å². The maximum absolute atomic E-state index is 13.6. The van der Waals surface area contributed by atoms with Gasteiger partial charge in [-0.15, -0.1) is 0 Å². The Hall–Kier alpha value is -1.95. The maximum atomic E-state index is 13.6. The van der Waals surface area contributed by atoms with Crippen molar-refractivity contribution in [1.29, 1.82) is 0 Å². The SMILES string of the molecule is CC(C)c1nc(COc2c(F)cccc2CN)no1. The molecule has 2 rings (SSSR count). The van der Waals surface area contributed by atoms with Crippen LogP contribution in [0.1, 0.15) is 37.0 Å². The molecule has 0 bridgehead atoms. The molecule has 1 aromatic carbocycles. The number of benzene rings is 1. The summed E-state index contributed by atoms with van der Waals surface area (Å²) in [6.45, 7) is 4.14. The minimum Gasteiger partial charge on any atom is -0.482 e. The van der Waals surface area contributed by atoms with Crippen LogP contribution in [-0.4, -0.2) is 10.1 Å². The van der Waals surface area contributed by atoms with Crippen LogP contribution >= 0.6 is 0 Å². The second-order valence-corrected chi connectivity index (χ2v) is 4.42. The van der Waals surface area contributed by atoms with Crippen molar-refractivity contribution in [1.82, 2.24) is 10.1 Å². The Bertz CT molecular complexity index is 555. The second-order valence-electron chi connectivity index (χ2n) is 4.42. The summed E-state index contributed by atoms with van der Waals surface area (Å²) >= 11 is 0. The first-order valence-electron chi connectivity index (χ1n) is 6.04. The first-order valence-corrected chi connectivity index (χ1v) is 6.04. The Morgan fingerprint density at radius 2 is 2.21 bits per heavy atom. The fourth-order valence-electron chi connectivity index (χ4n) is 1.57. The number of hydrogen-bond donors (Lipinski definition) is 1. The zero-order valence-electron chi connectivity index (χ0n) is 10.9. The van der Waals surface area contributed by atoms with Crippen LogP contribution in [0.25, 0.3) is 0 Å². The number of halogens is 1. The lowest BCUT2D eigenvalue weighted by Crippen LogP contribution is -2.05. The molecule has 0 aliphatic heterocycles. The highest BCUT2D eigenvalue weighted by molar-refractivity contribution is 5.34. The molecular formula is C13H16FN3O2. The van der Waals surface area contributed by atoms with E-state index in [1.54, 1.807) is 12.1 Å². The molecule has 0 spiro atoms. The highest BCUT2D eigenvalue weighted by Crippen LogP contribution is 2.23. The van der Waals surface area contributed by atoms with Gasteiger partial charge in [-0.2, -0.15) is 4.98 Å². The predicted octanol–water partition coefficient (Wildman–Crippen LogP) is 2.37. The summed E-state index contributed by atoms with van der Waals surface area (Å²) in [5.74, 6) is 0.756. The van der Waals surface area contributed by atoms with E-state index >= 15 is 0 Å². The Morgan fingerprint density at radius 1 is 1.42 bits per heavy atom. The van der Waals surface area contributed by atoms with Crippen LogP contribution in [0.2, 0.25) is 0 Å². The highest BCUT2D eigenvalue weighted by Gasteiger charge is 2.13. The quantitative estimate of drug-likeness (QED) is 0.898. The minimum atomic E-state index is -0.449. The van der Waals surface area contributed by atoms with Gasteiger partial charge >= 0.3 is 0 Å². The van der Waals surface area contributed by atoms with E-state index in [2.05, 4.69) is 10.1 Å². The van der Waals surface area contributed by atoms with E-state index < -0.39 is 5.82 Å². The fourth-order valence-corrected chi connectivity index (χ4v) is 1.57. The molecule has 0 atom stereocenters. The van der Waals surface area contributed by atoms with Crippen molar-refractivity contribution >= 4 is 0 Å². The van der Waals surface area contributed by atoms with Crippen LogP contribution in [0.4, 0.5) is 4.39 Å². The van der Waals surface area contributed by atoms with Crippen molar-refractivity contribution in [2.24, 2.45) is 5.73 Å². The molecule has 6 heteroatoms. The van der Waals surface area contributed by atoms with Crippen LogP contribution in [0.15, 0.2) is 22.7 Å². The second kappa shape index (κ2) is 5.79. The number of para-hydroxylation sites is 1. The Balaban J connectivity index is 2.09. The summed E-state index contributed by atoms with van der Waals surface area (Å²) in [5, 5.41) is 3.77. The Morgan fingerprint density at radius 3 is 2.84 bits per heavy atom. The minimum absolute atomic E-state index is 0.0458. The van der Waals surface area contributed by atoms with Gasteiger partial charge in [-0.25, -0.2) is 4.39 Å². The number of nitrogens with two attached hydrogens (primary N) is 1. The van der Waals surface area contributed by atoms with Crippen LogP contribution in [0.3, 0.4) is 0 Å². The van der Waals surface area contributed by atoms with Crippen molar-refractivity contribution in [3.63, 3.8) is 0 Å². The summed E-state index contributed by atoms with van der Waals surface area (Å²) in [6.07, 6.45) is 0. The molecule has 0 aliphatic carbocycles. The van der Waals surface area contributed by atoms with Crippen LogP contribution in [0, 0.1) is 5.82 Å². The molecule has 0 saturated heterocycles. The van der Waals surface area contributed by atoms with Gasteiger partial charge in [0.1, 0.15) is 0 Å². The molecule has 0 aliphatic rings. The van der Waals surface area contributed by atoms with E-state index in [0.29, 0.717) is 17.3 Å². The van der Waals surface area contributed by atoms with Crippen LogP contribution < -0.4 is 10.5 Å². The molecule has 0 unspecified atom stereocenters. The summed E-state index contributed by atoms with van der Waals surface area (Å²) < 4.78 is 24.1. The van der Waals surface area contributed by atoms with E-state index in [1.165, 1.54) is 6.07 Å². The summed E-state index contributed by atoms with van der Waals surface area (Å²) in [5.41, 5.74) is 6.14. The number of nitrogens with zero attached hydrogens (tertiary/aromatic N) is 2. The third kappa shape index (κ3) is 3.08. The first kappa shape index (κ1) is 13.5. The van der Waals surface area contributed by atoms with Gasteiger partial charge in [0.25, 0.3) is 0 Å². The van der Waals surface area contributed by atoms with Gasteiger partial charge in [0, 0.05) is 18.0 Å². The van der Waals surface area contributed by atoms with Gasteiger partial charge in [-0.3, -0.25) is 0 Å². The largest absolute Gasteiger partial charge is 0.482 e. The molecule has 0 amide bonds. The van der Waals surface area contributed by atoms with Crippen molar-refractivity contribution in [3.8, 4) is 5.75 Å². The summed E-state index contributed by atoms with van der Waals surface area (Å²) in [4.78, 5) is 4.15. The zero-order chi connectivity index (χ0) is 13.8. The average Bonchev–Trinajstić information content (AvgIpc) is 2.86. The molecule has 2 N–H and O–H groups in total. The Kier molecular flexibility index (Phi) is 4.11. The number of rotatable bonds is 5. The highest BCUT2D eigenvalue weighted by atomic mass is 19.1. The topological polar surface area (TPSA) is 74.2 Å². The third-order valence-corrected chi connectivity index (χ3v) is 2.59. The molecule has 2 aromatic rings. The standard InChI is InChI=1S/C13H16FN3O2/c1-8(2)13-16-11(17-19-13)7-18-12-9(6-15)4-3-5-10(12)14/h3-5,8H,6-7,15H2,1-2H3. The predicted molar refractivity (Wildman–Crippen MR) is 67.0 cm³/mol. The molecule has 19 heavy (non-hydrogen) atoms. The van der Waals surface area contributed by atoms with Crippen molar-refractivity contribution < 1.29 is 13.7 Å². The summed E-state index contributed by atoms with van der Waals surface area (Å²) in [6, 6.07) is 4.63. The molecule has 0 radical (unpaired) electrons. The van der Waals surface area contributed by atoms with Gasteiger partial charge in [-0.05, 0) is 6.07 Å². The van der Waals surface area contributed by atoms with Crippen molar-refractivity contribution in [2.45, 2.75) is 32.9 Å². The van der Waals surface area contributed by atoms with Crippen molar-refractivity contribution in [3.05, 3.63) is 41.3 Å². The number of aromatic nitrogens is 2. The van der Waals surface area contributed by atoms with E-state index in [9.17, 15) is 4.39 Å². The smallest absolute Gasteiger partial charge is 0.229 e. The number of hydrogen-bond acceptors (Lipinski definition) is 5. The molecule has 1 heterocycles. The molecule has 0 saturated carbocycles. The van der Waals surface area contributed by atoms with Gasteiger partial charge in [0.05, 0.1) is 0 Å². The molecular weight excluding hydrogens is 249 g/mol. The summed E-state index contributed by atoms with van der Waals surface area (Å²) in [7, 11) is 0. The van der Waals surface area contributed by atoms with Crippen molar-refractivity contribution in [2.75, 3.05) is 0 Å². The molecule has 102 valence electrons. The monoisotopic (exact) mass is 265 g/mol.